The molecule has 4 heteroatoms. The molecule has 1 unspecified atom stereocenters. The van der Waals surface area contributed by atoms with Crippen molar-refractivity contribution in [1.82, 2.24) is 10.3 Å². The maximum absolute atomic E-state index is 5.94. The lowest BCUT2D eigenvalue weighted by Gasteiger charge is -2.18. The van der Waals surface area contributed by atoms with E-state index in [1.165, 1.54) is 5.56 Å². The van der Waals surface area contributed by atoms with Gasteiger partial charge in [-0.25, -0.2) is 0 Å². The second kappa shape index (κ2) is 5.63. The Morgan fingerprint density at radius 1 is 1.29 bits per heavy atom. The van der Waals surface area contributed by atoms with Crippen molar-refractivity contribution in [3.63, 3.8) is 0 Å². The summed E-state index contributed by atoms with van der Waals surface area (Å²) < 4.78 is 0.833. The van der Waals surface area contributed by atoms with E-state index >= 15 is 0 Å². The van der Waals surface area contributed by atoms with Gasteiger partial charge in [-0.15, -0.1) is 11.3 Å². The molecule has 2 aromatic heterocycles. The molecular weight excluding hydrogens is 252 g/mol. The van der Waals surface area contributed by atoms with E-state index in [0.717, 1.165) is 10.0 Å². The normalized spacial score (nSPS) is 14.5. The molecular formula is C13H15ClN2S. The van der Waals surface area contributed by atoms with Gasteiger partial charge in [0.25, 0.3) is 0 Å². The summed E-state index contributed by atoms with van der Waals surface area (Å²) >= 11 is 7.50. The number of nitrogens with one attached hydrogen (secondary N) is 1. The van der Waals surface area contributed by atoms with Crippen molar-refractivity contribution >= 4 is 22.9 Å². The Morgan fingerprint density at radius 3 is 2.71 bits per heavy atom. The third-order valence-corrected chi connectivity index (χ3v) is 3.83. The molecule has 2 heterocycles. The number of halogens is 1. The van der Waals surface area contributed by atoms with Gasteiger partial charge in [0, 0.05) is 18.3 Å². The fourth-order valence-electron chi connectivity index (χ4n) is 1.74. The number of pyridine rings is 1. The predicted octanol–water partition coefficient (Wildman–Crippen LogP) is 4.21. The van der Waals surface area contributed by atoms with Crippen LogP contribution in [0.1, 0.15) is 37.2 Å². The average molecular weight is 267 g/mol. The zero-order valence-corrected chi connectivity index (χ0v) is 11.4. The first-order valence-corrected chi connectivity index (χ1v) is 6.83. The molecule has 2 aromatic rings. The van der Waals surface area contributed by atoms with Crippen molar-refractivity contribution in [3.8, 4) is 0 Å². The summed E-state index contributed by atoms with van der Waals surface area (Å²) in [4.78, 5) is 4.34. The van der Waals surface area contributed by atoms with Crippen molar-refractivity contribution in [2.24, 2.45) is 0 Å². The van der Waals surface area contributed by atoms with E-state index in [2.05, 4.69) is 29.5 Å². The average Bonchev–Trinajstić information content (AvgIpc) is 2.77. The first-order valence-electron chi connectivity index (χ1n) is 5.57. The fraction of sp³-hybridized carbons (Fsp3) is 0.308. The molecule has 90 valence electrons. The van der Waals surface area contributed by atoms with Gasteiger partial charge in [0.1, 0.15) is 0 Å². The Kier molecular flexibility index (Phi) is 4.15. The molecule has 0 amide bonds. The van der Waals surface area contributed by atoms with Crippen molar-refractivity contribution in [1.29, 1.82) is 0 Å². The quantitative estimate of drug-likeness (QED) is 0.897. The van der Waals surface area contributed by atoms with E-state index in [9.17, 15) is 0 Å². The first kappa shape index (κ1) is 12.6. The number of thiophene rings is 1. The second-order valence-corrected chi connectivity index (χ2v) is 5.59. The van der Waals surface area contributed by atoms with Gasteiger partial charge in [0.2, 0.25) is 0 Å². The molecule has 0 spiro atoms. The van der Waals surface area contributed by atoms with Crippen LogP contribution in [0.3, 0.4) is 0 Å². The Hall–Kier alpha value is -0.900. The van der Waals surface area contributed by atoms with Gasteiger partial charge in [-0.1, -0.05) is 17.7 Å². The monoisotopic (exact) mass is 266 g/mol. The fourth-order valence-corrected chi connectivity index (χ4v) is 2.72. The van der Waals surface area contributed by atoms with Gasteiger partial charge in [-0.3, -0.25) is 4.98 Å². The number of nitrogens with zero attached hydrogens (tertiary/aromatic N) is 1. The molecule has 0 aromatic carbocycles. The van der Waals surface area contributed by atoms with Crippen LogP contribution < -0.4 is 5.32 Å². The minimum Gasteiger partial charge on any atom is -0.302 e. The highest BCUT2D eigenvalue weighted by atomic mass is 35.5. The number of hydrogen-bond acceptors (Lipinski definition) is 3. The van der Waals surface area contributed by atoms with Crippen LogP contribution >= 0.6 is 22.9 Å². The molecule has 0 aliphatic carbocycles. The lowest BCUT2D eigenvalue weighted by Crippen LogP contribution is -2.22. The first-order chi connectivity index (χ1) is 8.16. The van der Waals surface area contributed by atoms with E-state index < -0.39 is 0 Å². The van der Waals surface area contributed by atoms with Crippen molar-refractivity contribution in [3.05, 3.63) is 51.4 Å². The molecule has 2 nitrogen and oxygen atoms in total. The molecule has 0 bridgehead atoms. The molecule has 1 N–H and O–H groups in total. The van der Waals surface area contributed by atoms with Gasteiger partial charge in [0.05, 0.1) is 10.0 Å². The number of rotatable bonds is 4. The number of aromatic nitrogens is 1. The van der Waals surface area contributed by atoms with E-state index in [1.54, 1.807) is 11.3 Å². The molecule has 0 saturated carbocycles. The van der Waals surface area contributed by atoms with Gasteiger partial charge in [-0.05, 0) is 43.0 Å². The summed E-state index contributed by atoms with van der Waals surface area (Å²) in [5, 5.41) is 5.60. The van der Waals surface area contributed by atoms with Crippen molar-refractivity contribution < 1.29 is 0 Å². The highest BCUT2D eigenvalue weighted by Gasteiger charge is 2.12. The minimum absolute atomic E-state index is 0.227. The Bertz CT molecular complexity index is 469. The highest BCUT2D eigenvalue weighted by molar-refractivity contribution is 7.14. The summed E-state index contributed by atoms with van der Waals surface area (Å²) in [5.74, 6) is 0. The summed E-state index contributed by atoms with van der Waals surface area (Å²) in [6.07, 6.45) is 1.82. The van der Waals surface area contributed by atoms with Gasteiger partial charge in [0.15, 0.2) is 0 Å². The van der Waals surface area contributed by atoms with Gasteiger partial charge < -0.3 is 5.32 Å². The number of hydrogen-bond donors (Lipinski definition) is 1. The Morgan fingerprint density at radius 2 is 2.12 bits per heavy atom. The van der Waals surface area contributed by atoms with Crippen molar-refractivity contribution in [2.45, 2.75) is 25.9 Å². The zero-order valence-electron chi connectivity index (χ0n) is 9.85. The van der Waals surface area contributed by atoms with Crippen LogP contribution in [0.5, 0.6) is 0 Å². The van der Waals surface area contributed by atoms with Crippen LogP contribution in [0.15, 0.2) is 35.8 Å². The summed E-state index contributed by atoms with van der Waals surface area (Å²) in [6.45, 7) is 4.25. The smallest absolute Gasteiger partial charge is 0.0931 e. The van der Waals surface area contributed by atoms with Crippen LogP contribution in [0.2, 0.25) is 4.34 Å². The highest BCUT2D eigenvalue weighted by Crippen LogP contribution is 2.26. The van der Waals surface area contributed by atoms with E-state index in [4.69, 9.17) is 11.6 Å². The third kappa shape index (κ3) is 3.28. The lowest BCUT2D eigenvalue weighted by molar-refractivity contribution is 0.487. The standard InChI is InChI=1S/C13H15ClN2S/c1-9(11-7-13(14)17-8-11)16-10(2)12-5-3-4-6-15-12/h3-10,16H,1-2H3/t9?,10-/m1/s1. The lowest BCUT2D eigenvalue weighted by atomic mass is 10.1. The van der Waals surface area contributed by atoms with Crippen LogP contribution in [0, 0.1) is 0 Å². The second-order valence-electron chi connectivity index (χ2n) is 4.05. The molecule has 0 fully saturated rings. The molecule has 17 heavy (non-hydrogen) atoms. The molecule has 0 aliphatic rings. The zero-order chi connectivity index (χ0) is 12.3. The Balaban J connectivity index is 2.02. The summed E-state index contributed by atoms with van der Waals surface area (Å²) in [6, 6.07) is 8.48. The molecule has 2 rings (SSSR count). The predicted molar refractivity (Wildman–Crippen MR) is 73.5 cm³/mol. The van der Waals surface area contributed by atoms with Gasteiger partial charge in [-0.2, -0.15) is 0 Å². The van der Waals surface area contributed by atoms with Crippen LogP contribution in [0.25, 0.3) is 0 Å². The van der Waals surface area contributed by atoms with Crippen LogP contribution in [-0.2, 0) is 0 Å². The van der Waals surface area contributed by atoms with Crippen LogP contribution in [0.4, 0.5) is 0 Å². The van der Waals surface area contributed by atoms with Gasteiger partial charge >= 0.3 is 0 Å². The van der Waals surface area contributed by atoms with Crippen molar-refractivity contribution in [2.75, 3.05) is 0 Å². The van der Waals surface area contributed by atoms with E-state index in [1.807, 2.05) is 30.5 Å². The maximum Gasteiger partial charge on any atom is 0.0931 e. The summed E-state index contributed by atoms with van der Waals surface area (Å²) in [5.41, 5.74) is 2.28. The molecule has 0 saturated heterocycles. The topological polar surface area (TPSA) is 24.9 Å². The largest absolute Gasteiger partial charge is 0.302 e. The minimum atomic E-state index is 0.227. The Labute approximate surface area is 111 Å². The molecule has 2 atom stereocenters. The van der Waals surface area contributed by atoms with E-state index in [0.29, 0.717) is 0 Å². The molecule has 0 radical (unpaired) electrons. The molecule has 0 aliphatic heterocycles. The van der Waals surface area contributed by atoms with E-state index in [-0.39, 0.29) is 12.1 Å². The van der Waals surface area contributed by atoms with Crippen LogP contribution in [-0.4, -0.2) is 4.98 Å². The SMILES string of the molecule is CC(N[C@H](C)c1ccccn1)c1csc(Cl)c1. The maximum atomic E-state index is 5.94. The third-order valence-electron chi connectivity index (χ3n) is 2.72. The summed E-state index contributed by atoms with van der Waals surface area (Å²) in [7, 11) is 0.